The van der Waals surface area contributed by atoms with E-state index in [1.165, 1.54) is 11.8 Å². The van der Waals surface area contributed by atoms with Crippen molar-refractivity contribution in [3.05, 3.63) is 64.4 Å². The maximum absolute atomic E-state index is 12.1. The monoisotopic (exact) mass is 350 g/mol. The van der Waals surface area contributed by atoms with Crippen LogP contribution in [0.5, 0.6) is 5.75 Å². The second-order valence-electron chi connectivity index (χ2n) is 6.35. The van der Waals surface area contributed by atoms with Crippen LogP contribution < -0.4 is 10.2 Å². The number of nitrogens with zero attached hydrogens (tertiary/aromatic N) is 1. The van der Waals surface area contributed by atoms with Crippen LogP contribution in [-0.2, 0) is 11.2 Å². The number of carbonyl (C=O) groups excluding carboxylic acids is 1. The molecule has 0 saturated heterocycles. The third kappa shape index (κ3) is 3.77. The SMILES string of the molecule is COc1ccc2c(C)c(/C=N/NC(=O)Cc3ccc(C)cc3C)oc2c1. The van der Waals surface area contributed by atoms with Crippen LogP contribution in [0.1, 0.15) is 28.0 Å². The Labute approximate surface area is 152 Å². The predicted octanol–water partition coefficient (Wildman–Crippen LogP) is 4.06. The van der Waals surface area contributed by atoms with Gasteiger partial charge in [0.25, 0.3) is 0 Å². The molecule has 0 spiro atoms. The van der Waals surface area contributed by atoms with Crippen LogP contribution in [0, 0.1) is 20.8 Å². The summed E-state index contributed by atoms with van der Waals surface area (Å²) in [6.45, 7) is 5.99. The summed E-state index contributed by atoms with van der Waals surface area (Å²) in [6.07, 6.45) is 1.82. The molecule has 0 bridgehead atoms. The van der Waals surface area contributed by atoms with E-state index >= 15 is 0 Å². The fourth-order valence-corrected chi connectivity index (χ4v) is 2.89. The lowest BCUT2D eigenvalue weighted by molar-refractivity contribution is -0.120. The predicted molar refractivity (Wildman–Crippen MR) is 103 cm³/mol. The third-order valence-corrected chi connectivity index (χ3v) is 4.40. The lowest BCUT2D eigenvalue weighted by Crippen LogP contribution is -2.20. The maximum atomic E-state index is 12.1. The van der Waals surface area contributed by atoms with Gasteiger partial charge >= 0.3 is 0 Å². The third-order valence-electron chi connectivity index (χ3n) is 4.40. The van der Waals surface area contributed by atoms with E-state index in [0.29, 0.717) is 12.2 Å². The number of hydrogen-bond donors (Lipinski definition) is 1. The van der Waals surface area contributed by atoms with Gasteiger partial charge in [0.1, 0.15) is 11.3 Å². The molecule has 134 valence electrons. The van der Waals surface area contributed by atoms with Gasteiger partial charge in [-0.05, 0) is 44.0 Å². The van der Waals surface area contributed by atoms with Crippen LogP contribution in [0.15, 0.2) is 45.9 Å². The van der Waals surface area contributed by atoms with Crippen molar-refractivity contribution in [2.75, 3.05) is 7.11 Å². The number of carbonyl (C=O) groups is 1. The Balaban J connectivity index is 1.69. The number of furan rings is 1. The van der Waals surface area contributed by atoms with Gasteiger partial charge in [0.05, 0.1) is 19.7 Å². The van der Waals surface area contributed by atoms with E-state index in [1.807, 2.05) is 51.1 Å². The van der Waals surface area contributed by atoms with E-state index in [1.54, 1.807) is 7.11 Å². The Morgan fingerprint density at radius 3 is 2.73 bits per heavy atom. The average molecular weight is 350 g/mol. The van der Waals surface area contributed by atoms with Crippen molar-refractivity contribution in [1.29, 1.82) is 0 Å². The van der Waals surface area contributed by atoms with Crippen LogP contribution in [0.2, 0.25) is 0 Å². The summed E-state index contributed by atoms with van der Waals surface area (Å²) in [6, 6.07) is 11.7. The number of amides is 1. The maximum Gasteiger partial charge on any atom is 0.244 e. The summed E-state index contributed by atoms with van der Waals surface area (Å²) in [4.78, 5) is 12.1. The molecule has 1 amide bonds. The normalized spacial score (nSPS) is 11.2. The first-order valence-electron chi connectivity index (χ1n) is 8.43. The van der Waals surface area contributed by atoms with Crippen molar-refractivity contribution >= 4 is 23.1 Å². The van der Waals surface area contributed by atoms with Gasteiger partial charge in [0, 0.05) is 17.0 Å². The summed E-state index contributed by atoms with van der Waals surface area (Å²) in [5.74, 6) is 1.18. The Bertz CT molecular complexity index is 986. The van der Waals surface area contributed by atoms with Crippen molar-refractivity contribution in [3.8, 4) is 5.75 Å². The minimum absolute atomic E-state index is 0.163. The summed E-state index contributed by atoms with van der Waals surface area (Å²) in [5.41, 5.74) is 7.54. The van der Waals surface area contributed by atoms with E-state index in [-0.39, 0.29) is 5.91 Å². The minimum Gasteiger partial charge on any atom is -0.497 e. The molecule has 0 radical (unpaired) electrons. The van der Waals surface area contributed by atoms with Crippen LogP contribution in [0.4, 0.5) is 0 Å². The number of benzene rings is 2. The lowest BCUT2D eigenvalue weighted by atomic mass is 10.0. The number of hydrazone groups is 1. The molecule has 0 unspecified atom stereocenters. The standard InChI is InChI=1S/C21H22N2O3/c1-13-5-6-16(14(2)9-13)10-21(24)23-22-12-20-15(3)18-8-7-17(25-4)11-19(18)26-20/h5-9,11-12H,10H2,1-4H3,(H,23,24)/b22-12+. The van der Waals surface area contributed by atoms with Crippen LogP contribution in [0.25, 0.3) is 11.0 Å². The van der Waals surface area contributed by atoms with Crippen LogP contribution in [-0.4, -0.2) is 19.2 Å². The summed E-state index contributed by atoms with van der Waals surface area (Å²) in [7, 11) is 1.62. The van der Waals surface area contributed by atoms with Crippen molar-refractivity contribution in [3.63, 3.8) is 0 Å². The summed E-state index contributed by atoms with van der Waals surface area (Å²) < 4.78 is 11.0. The van der Waals surface area contributed by atoms with Crippen molar-refractivity contribution in [1.82, 2.24) is 5.43 Å². The first-order valence-corrected chi connectivity index (χ1v) is 8.43. The van der Waals surface area contributed by atoms with E-state index in [9.17, 15) is 4.79 Å². The molecule has 1 heterocycles. The fraction of sp³-hybridized carbons (Fsp3) is 0.238. The zero-order valence-electron chi connectivity index (χ0n) is 15.4. The largest absolute Gasteiger partial charge is 0.497 e. The van der Waals surface area contributed by atoms with Gasteiger partial charge in [-0.25, -0.2) is 5.43 Å². The number of hydrogen-bond acceptors (Lipinski definition) is 4. The lowest BCUT2D eigenvalue weighted by Gasteiger charge is -2.05. The summed E-state index contributed by atoms with van der Waals surface area (Å²) >= 11 is 0. The molecule has 5 heteroatoms. The van der Waals surface area contributed by atoms with Gasteiger partial charge in [-0.3, -0.25) is 4.79 Å². The molecule has 0 aliphatic rings. The number of fused-ring (bicyclic) bond motifs is 1. The number of aryl methyl sites for hydroxylation is 3. The molecule has 0 aliphatic heterocycles. The Morgan fingerprint density at radius 1 is 1.19 bits per heavy atom. The van der Waals surface area contributed by atoms with Gasteiger partial charge in [-0.15, -0.1) is 0 Å². The first kappa shape index (κ1) is 17.7. The van der Waals surface area contributed by atoms with Gasteiger partial charge in [-0.2, -0.15) is 5.10 Å². The minimum atomic E-state index is -0.163. The zero-order chi connectivity index (χ0) is 18.7. The van der Waals surface area contributed by atoms with Crippen molar-refractivity contribution in [2.45, 2.75) is 27.2 Å². The second kappa shape index (κ2) is 7.44. The quantitative estimate of drug-likeness (QED) is 0.557. The molecule has 3 aromatic rings. The van der Waals surface area contributed by atoms with E-state index in [4.69, 9.17) is 9.15 Å². The highest BCUT2D eigenvalue weighted by molar-refractivity contribution is 5.92. The van der Waals surface area contributed by atoms with Crippen LogP contribution >= 0.6 is 0 Å². The molecule has 0 aliphatic carbocycles. The van der Waals surface area contributed by atoms with E-state index in [0.717, 1.165) is 33.4 Å². The van der Waals surface area contributed by atoms with Crippen molar-refractivity contribution < 1.29 is 13.9 Å². The number of methoxy groups -OCH3 is 1. The zero-order valence-corrected chi connectivity index (χ0v) is 15.4. The van der Waals surface area contributed by atoms with E-state index < -0.39 is 0 Å². The molecule has 1 aromatic heterocycles. The second-order valence-corrected chi connectivity index (χ2v) is 6.35. The number of nitrogens with one attached hydrogen (secondary N) is 1. The molecule has 0 fully saturated rings. The molecule has 0 saturated carbocycles. The smallest absolute Gasteiger partial charge is 0.244 e. The molecule has 3 rings (SSSR count). The van der Waals surface area contributed by atoms with Gasteiger partial charge < -0.3 is 9.15 Å². The highest BCUT2D eigenvalue weighted by Crippen LogP contribution is 2.27. The number of ether oxygens (including phenoxy) is 1. The molecule has 5 nitrogen and oxygen atoms in total. The fourth-order valence-electron chi connectivity index (χ4n) is 2.89. The Kier molecular flexibility index (Phi) is 5.07. The Hall–Kier alpha value is -3.08. The van der Waals surface area contributed by atoms with Crippen LogP contribution in [0.3, 0.4) is 0 Å². The number of rotatable bonds is 5. The Morgan fingerprint density at radius 2 is 2.00 bits per heavy atom. The van der Waals surface area contributed by atoms with Gasteiger partial charge in [-0.1, -0.05) is 23.8 Å². The average Bonchev–Trinajstić information content (AvgIpc) is 2.93. The molecular formula is C21H22N2O3. The van der Waals surface area contributed by atoms with Gasteiger partial charge in [0.2, 0.25) is 5.91 Å². The highest BCUT2D eigenvalue weighted by Gasteiger charge is 2.10. The molecule has 2 aromatic carbocycles. The van der Waals surface area contributed by atoms with Gasteiger partial charge in [0.15, 0.2) is 5.76 Å². The molecule has 26 heavy (non-hydrogen) atoms. The highest BCUT2D eigenvalue weighted by atomic mass is 16.5. The summed E-state index contributed by atoms with van der Waals surface area (Å²) in [5, 5.41) is 5.03. The molecule has 0 atom stereocenters. The molecular weight excluding hydrogens is 328 g/mol. The van der Waals surface area contributed by atoms with E-state index in [2.05, 4.69) is 16.6 Å². The first-order chi connectivity index (χ1) is 12.5. The molecule has 1 N–H and O–H groups in total. The topological polar surface area (TPSA) is 63.8 Å². The van der Waals surface area contributed by atoms with Crippen molar-refractivity contribution in [2.24, 2.45) is 5.10 Å².